The number of anilines is 2. The summed E-state index contributed by atoms with van der Waals surface area (Å²) in [5, 5.41) is 7.13. The lowest BCUT2D eigenvalue weighted by Crippen LogP contribution is -2.33. The Morgan fingerprint density at radius 3 is 1.89 bits per heavy atom. The smallest absolute Gasteiger partial charge is 0.273 e. The SMILES string of the molecule is C/C(=N/NC(=O)c1ccccc1N(Cc1ccccc1)S(=O)(=O)c1ccccc1)c1ccc(NC(=O)c2ccccc2)cc1. The molecule has 0 heterocycles. The molecule has 5 aromatic rings. The number of rotatable bonds is 10. The lowest BCUT2D eigenvalue weighted by Gasteiger charge is -2.26. The molecule has 8 nitrogen and oxygen atoms in total. The second-order valence-electron chi connectivity index (χ2n) is 9.86. The zero-order valence-electron chi connectivity index (χ0n) is 23.9. The molecule has 5 aromatic carbocycles. The fourth-order valence-corrected chi connectivity index (χ4v) is 5.99. The summed E-state index contributed by atoms with van der Waals surface area (Å²) in [6.45, 7) is 1.77. The molecular weight excluding hydrogens is 572 g/mol. The molecule has 0 aliphatic heterocycles. The second-order valence-corrected chi connectivity index (χ2v) is 11.7. The summed E-state index contributed by atoms with van der Waals surface area (Å²) in [6.07, 6.45) is 0. The van der Waals surface area contributed by atoms with Gasteiger partial charge in [-0.15, -0.1) is 0 Å². The van der Waals surface area contributed by atoms with Crippen LogP contribution in [0.3, 0.4) is 0 Å². The highest BCUT2D eigenvalue weighted by Crippen LogP contribution is 2.29. The highest BCUT2D eigenvalue weighted by molar-refractivity contribution is 7.92. The predicted octanol–water partition coefficient (Wildman–Crippen LogP) is 6.49. The second kappa shape index (κ2) is 13.6. The lowest BCUT2D eigenvalue weighted by molar-refractivity contribution is 0.0954. The number of nitrogens with zero attached hydrogens (tertiary/aromatic N) is 2. The van der Waals surface area contributed by atoms with Gasteiger partial charge in [-0.25, -0.2) is 13.8 Å². The molecule has 44 heavy (non-hydrogen) atoms. The van der Waals surface area contributed by atoms with Gasteiger partial charge in [-0.1, -0.05) is 91.0 Å². The summed E-state index contributed by atoms with van der Waals surface area (Å²) >= 11 is 0. The zero-order chi connectivity index (χ0) is 30.9. The number of hydrazone groups is 1. The Kier molecular flexibility index (Phi) is 9.27. The lowest BCUT2D eigenvalue weighted by atomic mass is 10.1. The van der Waals surface area contributed by atoms with Crippen molar-refractivity contribution in [2.75, 3.05) is 9.62 Å². The van der Waals surface area contributed by atoms with Crippen molar-refractivity contribution in [3.63, 3.8) is 0 Å². The first-order valence-corrected chi connectivity index (χ1v) is 15.3. The maximum Gasteiger partial charge on any atom is 0.273 e. The molecule has 9 heteroatoms. The standard InChI is InChI=1S/C35H30N4O4S/c1-26(28-21-23-30(24-22-28)36-34(40)29-15-7-3-8-16-29)37-38-35(41)32-19-11-12-20-33(32)39(25-27-13-5-2-6-14-27)44(42,43)31-17-9-4-10-18-31/h2-24H,25H2,1H3,(H,36,40)(H,38,41)/b37-26-. The van der Waals surface area contributed by atoms with E-state index in [0.29, 0.717) is 17.0 Å². The molecule has 5 rings (SSSR count). The summed E-state index contributed by atoms with van der Waals surface area (Å²) in [5.41, 5.74) is 6.14. The van der Waals surface area contributed by atoms with Gasteiger partial charge in [0, 0.05) is 11.3 Å². The minimum absolute atomic E-state index is 0.0256. The van der Waals surface area contributed by atoms with Crippen molar-refractivity contribution in [1.29, 1.82) is 0 Å². The number of carbonyl (C=O) groups is 2. The van der Waals surface area contributed by atoms with Gasteiger partial charge in [0.1, 0.15) is 0 Å². The number of amides is 2. The molecule has 0 aliphatic carbocycles. The molecule has 0 unspecified atom stereocenters. The van der Waals surface area contributed by atoms with Crippen LogP contribution in [0.2, 0.25) is 0 Å². The molecule has 0 saturated carbocycles. The largest absolute Gasteiger partial charge is 0.322 e. The van der Waals surface area contributed by atoms with E-state index in [1.165, 1.54) is 16.4 Å². The third-order valence-electron chi connectivity index (χ3n) is 6.84. The van der Waals surface area contributed by atoms with Gasteiger partial charge in [0.2, 0.25) is 0 Å². The van der Waals surface area contributed by atoms with Crippen LogP contribution >= 0.6 is 0 Å². The van der Waals surface area contributed by atoms with Gasteiger partial charge >= 0.3 is 0 Å². The van der Waals surface area contributed by atoms with Gasteiger partial charge in [-0.05, 0) is 66.6 Å². The van der Waals surface area contributed by atoms with Crippen molar-refractivity contribution in [2.24, 2.45) is 5.10 Å². The van der Waals surface area contributed by atoms with E-state index in [9.17, 15) is 18.0 Å². The predicted molar refractivity (Wildman–Crippen MR) is 173 cm³/mol. The van der Waals surface area contributed by atoms with Crippen molar-refractivity contribution in [3.05, 3.63) is 162 Å². The van der Waals surface area contributed by atoms with E-state index in [1.807, 2.05) is 36.4 Å². The van der Waals surface area contributed by atoms with Crippen molar-refractivity contribution >= 4 is 38.9 Å². The molecule has 0 fully saturated rings. The fraction of sp³-hybridized carbons (Fsp3) is 0.0571. The molecule has 2 N–H and O–H groups in total. The first-order chi connectivity index (χ1) is 21.3. The van der Waals surface area contributed by atoms with Crippen molar-refractivity contribution in [2.45, 2.75) is 18.4 Å². The number of sulfonamides is 1. The first-order valence-electron chi connectivity index (χ1n) is 13.8. The van der Waals surface area contributed by atoms with Gasteiger partial charge < -0.3 is 5.32 Å². The van der Waals surface area contributed by atoms with Crippen LogP contribution in [0.4, 0.5) is 11.4 Å². The summed E-state index contributed by atoms with van der Waals surface area (Å²) in [5.74, 6) is -0.779. The van der Waals surface area contributed by atoms with Crippen molar-refractivity contribution in [3.8, 4) is 0 Å². The fourth-order valence-electron chi connectivity index (χ4n) is 4.50. The van der Waals surface area contributed by atoms with Gasteiger partial charge in [-0.2, -0.15) is 5.10 Å². The Labute approximate surface area is 256 Å². The van der Waals surface area contributed by atoms with Crippen LogP contribution in [0.15, 0.2) is 150 Å². The van der Waals surface area contributed by atoms with Gasteiger partial charge in [0.05, 0.1) is 28.4 Å². The summed E-state index contributed by atoms with van der Waals surface area (Å²) < 4.78 is 29.0. The summed E-state index contributed by atoms with van der Waals surface area (Å²) in [4.78, 5) is 26.0. The Morgan fingerprint density at radius 2 is 1.23 bits per heavy atom. The zero-order valence-corrected chi connectivity index (χ0v) is 24.7. The number of hydrogen-bond donors (Lipinski definition) is 2. The molecular formula is C35H30N4O4S. The van der Waals surface area contributed by atoms with Crippen LogP contribution < -0.4 is 15.0 Å². The maximum atomic E-state index is 13.9. The van der Waals surface area contributed by atoms with Crippen LogP contribution in [0.5, 0.6) is 0 Å². The molecule has 0 atom stereocenters. The van der Waals surface area contributed by atoms with E-state index in [0.717, 1.165) is 11.1 Å². The van der Waals surface area contributed by atoms with Crippen LogP contribution in [0.25, 0.3) is 0 Å². The molecule has 220 valence electrons. The number of carbonyl (C=O) groups excluding carboxylic acids is 2. The quantitative estimate of drug-likeness (QED) is 0.141. The number of hydrogen-bond acceptors (Lipinski definition) is 5. The van der Waals surface area contributed by atoms with Crippen molar-refractivity contribution < 1.29 is 18.0 Å². The Hall–Kier alpha value is -5.54. The van der Waals surface area contributed by atoms with Crippen LogP contribution in [0, 0.1) is 0 Å². The Bertz CT molecular complexity index is 1880. The maximum absolute atomic E-state index is 13.9. The molecule has 0 saturated heterocycles. The Balaban J connectivity index is 1.37. The van der Waals surface area contributed by atoms with Gasteiger partial charge in [0.15, 0.2) is 0 Å². The average molecular weight is 603 g/mol. The third kappa shape index (κ3) is 7.08. The van der Waals surface area contributed by atoms with Crippen LogP contribution in [-0.2, 0) is 16.6 Å². The number of benzene rings is 5. The van der Waals surface area contributed by atoms with E-state index in [1.54, 1.807) is 97.9 Å². The van der Waals surface area contributed by atoms with E-state index >= 15 is 0 Å². The van der Waals surface area contributed by atoms with E-state index in [4.69, 9.17) is 0 Å². The molecule has 0 aliphatic rings. The first kappa shape index (κ1) is 29.9. The molecule has 0 spiro atoms. The highest BCUT2D eigenvalue weighted by atomic mass is 32.2. The van der Waals surface area contributed by atoms with Gasteiger partial charge in [0.25, 0.3) is 21.8 Å². The van der Waals surface area contributed by atoms with E-state index < -0.39 is 15.9 Å². The molecule has 0 bridgehead atoms. The number of para-hydroxylation sites is 1. The number of nitrogens with one attached hydrogen (secondary N) is 2. The molecule has 0 radical (unpaired) electrons. The summed E-state index contributed by atoms with van der Waals surface area (Å²) in [7, 11) is -4.03. The normalized spacial score (nSPS) is 11.4. The average Bonchev–Trinajstić information content (AvgIpc) is 3.07. The minimum Gasteiger partial charge on any atom is -0.322 e. The summed E-state index contributed by atoms with van der Waals surface area (Å²) in [6, 6.07) is 39.9. The Morgan fingerprint density at radius 1 is 0.659 bits per heavy atom. The van der Waals surface area contributed by atoms with Crippen LogP contribution in [0.1, 0.15) is 38.8 Å². The van der Waals surface area contributed by atoms with Gasteiger partial charge in [-0.3, -0.25) is 13.9 Å². The van der Waals surface area contributed by atoms with Crippen LogP contribution in [-0.4, -0.2) is 25.9 Å². The molecule has 2 amide bonds. The highest BCUT2D eigenvalue weighted by Gasteiger charge is 2.28. The topological polar surface area (TPSA) is 108 Å². The molecule has 0 aromatic heterocycles. The monoisotopic (exact) mass is 602 g/mol. The van der Waals surface area contributed by atoms with E-state index in [-0.39, 0.29) is 28.6 Å². The minimum atomic E-state index is -4.03. The van der Waals surface area contributed by atoms with E-state index in [2.05, 4.69) is 15.8 Å². The third-order valence-corrected chi connectivity index (χ3v) is 8.61. The van der Waals surface area contributed by atoms with Crippen molar-refractivity contribution in [1.82, 2.24) is 5.43 Å².